The maximum absolute atomic E-state index is 12.4. The second-order valence-electron chi connectivity index (χ2n) is 6.97. The first-order chi connectivity index (χ1) is 15.2. The third-order valence-corrected chi connectivity index (χ3v) is 6.04. The van der Waals surface area contributed by atoms with E-state index in [0.717, 1.165) is 26.1 Å². The smallest absolute Gasteiger partial charge is 0.327 e. The van der Waals surface area contributed by atoms with Crippen molar-refractivity contribution in [1.29, 1.82) is 0 Å². The van der Waals surface area contributed by atoms with E-state index < -0.39 is 21.8 Å². The van der Waals surface area contributed by atoms with Crippen molar-refractivity contribution in [2.75, 3.05) is 42.1 Å². The molecule has 32 heavy (non-hydrogen) atoms. The zero-order valence-electron chi connectivity index (χ0n) is 18.2. The summed E-state index contributed by atoms with van der Waals surface area (Å²) in [5.74, 6) is -1.55. The number of nitrogens with zero attached hydrogens (tertiary/aromatic N) is 1. The van der Waals surface area contributed by atoms with Gasteiger partial charge in [-0.25, -0.2) is 8.42 Å². The van der Waals surface area contributed by atoms with E-state index in [4.69, 9.17) is 5.73 Å². The Kier molecular flexibility index (Phi) is 9.29. The van der Waals surface area contributed by atoms with Gasteiger partial charge in [0.05, 0.1) is 10.6 Å². The number of hydrazine groups is 1. The summed E-state index contributed by atoms with van der Waals surface area (Å²) in [7, 11) is -3.78. The highest BCUT2D eigenvalue weighted by molar-refractivity contribution is 7.92. The third-order valence-electron chi connectivity index (χ3n) is 4.66. The molecule has 0 aromatic heterocycles. The van der Waals surface area contributed by atoms with Gasteiger partial charge < -0.3 is 16.0 Å². The van der Waals surface area contributed by atoms with Gasteiger partial charge in [-0.15, -0.1) is 0 Å². The lowest BCUT2D eigenvalue weighted by molar-refractivity contribution is -0.138. The van der Waals surface area contributed by atoms with Crippen LogP contribution in [-0.4, -0.2) is 51.3 Å². The number of nitrogens with one attached hydrogen (secondary N) is 4. The molecule has 0 fully saturated rings. The molecule has 0 aliphatic rings. The van der Waals surface area contributed by atoms with Crippen LogP contribution in [0.15, 0.2) is 53.4 Å². The van der Waals surface area contributed by atoms with Gasteiger partial charge in [0.25, 0.3) is 10.0 Å². The van der Waals surface area contributed by atoms with Gasteiger partial charge >= 0.3 is 11.8 Å². The average Bonchev–Trinajstić information content (AvgIpc) is 2.78. The summed E-state index contributed by atoms with van der Waals surface area (Å²) in [6, 6.07) is 12.1. The minimum Gasteiger partial charge on any atom is -0.399 e. The fourth-order valence-electron chi connectivity index (χ4n) is 2.83. The lowest BCUT2D eigenvalue weighted by Gasteiger charge is -2.17. The van der Waals surface area contributed by atoms with Crippen LogP contribution in [0.4, 0.5) is 17.1 Å². The topological polar surface area (TPSA) is 146 Å². The normalized spacial score (nSPS) is 11.1. The Morgan fingerprint density at radius 3 is 2.25 bits per heavy atom. The van der Waals surface area contributed by atoms with Crippen molar-refractivity contribution in [3.8, 4) is 0 Å². The van der Waals surface area contributed by atoms with Crippen LogP contribution >= 0.6 is 0 Å². The Balaban J connectivity index is 1.80. The summed E-state index contributed by atoms with van der Waals surface area (Å²) in [6.07, 6.45) is 0.751. The SMILES string of the molecule is CCN(CC)CCCNC(=O)C(=O)NNc1ccc(NS(=O)(=O)c2cccc(N)c2)cc1. The number of amides is 2. The molecule has 2 aromatic rings. The number of benzene rings is 2. The molecule has 0 atom stereocenters. The number of hydrogen-bond donors (Lipinski definition) is 5. The van der Waals surface area contributed by atoms with E-state index in [-0.39, 0.29) is 4.90 Å². The molecule has 11 heteroatoms. The molecule has 0 aliphatic carbocycles. The van der Waals surface area contributed by atoms with Crippen LogP contribution in [0, 0.1) is 0 Å². The highest BCUT2D eigenvalue weighted by Crippen LogP contribution is 2.19. The van der Waals surface area contributed by atoms with Gasteiger partial charge in [0.2, 0.25) is 0 Å². The summed E-state index contributed by atoms with van der Waals surface area (Å²) < 4.78 is 27.3. The quantitative estimate of drug-likeness (QED) is 0.147. The fourth-order valence-corrected chi connectivity index (χ4v) is 3.94. The van der Waals surface area contributed by atoms with Gasteiger partial charge in [-0.2, -0.15) is 0 Å². The van der Waals surface area contributed by atoms with Crippen molar-refractivity contribution in [2.45, 2.75) is 25.2 Å². The van der Waals surface area contributed by atoms with Crippen molar-refractivity contribution >= 4 is 38.9 Å². The summed E-state index contributed by atoms with van der Waals surface area (Å²) in [5, 5.41) is 2.57. The second kappa shape index (κ2) is 11.9. The number of nitrogens with two attached hydrogens (primary N) is 1. The highest BCUT2D eigenvalue weighted by Gasteiger charge is 2.15. The molecule has 2 aromatic carbocycles. The Labute approximate surface area is 188 Å². The molecular weight excluding hydrogens is 432 g/mol. The molecule has 0 radical (unpaired) electrons. The average molecular weight is 463 g/mol. The number of nitrogen functional groups attached to an aromatic ring is 1. The number of sulfonamides is 1. The Morgan fingerprint density at radius 1 is 0.969 bits per heavy atom. The van der Waals surface area contributed by atoms with Crippen LogP contribution < -0.4 is 26.6 Å². The summed E-state index contributed by atoms with van der Waals surface area (Å²) in [4.78, 5) is 26.0. The summed E-state index contributed by atoms with van der Waals surface area (Å²) in [6.45, 7) is 7.28. The van der Waals surface area contributed by atoms with Gasteiger partial charge in [0.15, 0.2) is 0 Å². The molecule has 0 aliphatic heterocycles. The number of hydrogen-bond acceptors (Lipinski definition) is 7. The van der Waals surface area contributed by atoms with Crippen LogP contribution in [0.5, 0.6) is 0 Å². The predicted molar refractivity (Wildman–Crippen MR) is 125 cm³/mol. The zero-order chi connectivity index (χ0) is 23.6. The lowest BCUT2D eigenvalue weighted by atomic mass is 10.3. The number of rotatable bonds is 11. The minimum absolute atomic E-state index is 0.0510. The third kappa shape index (κ3) is 7.75. The van der Waals surface area contributed by atoms with Crippen LogP contribution in [0.3, 0.4) is 0 Å². The van der Waals surface area contributed by atoms with Crippen molar-refractivity contribution in [2.24, 2.45) is 0 Å². The van der Waals surface area contributed by atoms with E-state index in [1.165, 1.54) is 24.3 Å². The van der Waals surface area contributed by atoms with Crippen molar-refractivity contribution in [1.82, 2.24) is 15.6 Å². The first-order valence-electron chi connectivity index (χ1n) is 10.3. The molecule has 6 N–H and O–H groups in total. The number of anilines is 3. The molecule has 2 amide bonds. The summed E-state index contributed by atoms with van der Waals surface area (Å²) >= 11 is 0. The van der Waals surface area contributed by atoms with Crippen LogP contribution in [0.25, 0.3) is 0 Å². The Bertz CT molecular complexity index is 1010. The number of carbonyl (C=O) groups excluding carboxylic acids is 2. The first kappa shape index (κ1) is 25.0. The second-order valence-corrected chi connectivity index (χ2v) is 8.65. The van der Waals surface area contributed by atoms with Gasteiger partial charge in [0, 0.05) is 17.9 Å². The molecule has 0 heterocycles. The monoisotopic (exact) mass is 462 g/mol. The maximum Gasteiger partial charge on any atom is 0.327 e. The first-order valence-corrected chi connectivity index (χ1v) is 11.8. The molecule has 0 unspecified atom stereocenters. The number of carbonyl (C=O) groups is 2. The molecular formula is C21H30N6O4S. The lowest BCUT2D eigenvalue weighted by Crippen LogP contribution is -2.43. The Morgan fingerprint density at radius 2 is 1.62 bits per heavy atom. The molecule has 10 nitrogen and oxygen atoms in total. The van der Waals surface area contributed by atoms with Gasteiger partial charge in [0.1, 0.15) is 0 Å². The van der Waals surface area contributed by atoms with Crippen LogP contribution in [-0.2, 0) is 19.6 Å². The standard InChI is InChI=1S/C21H30N6O4S/c1-3-27(4-2)14-6-13-23-20(28)21(29)25-24-17-9-11-18(12-10-17)26-32(30,31)19-8-5-7-16(22)15-19/h5,7-12,15,24,26H,3-4,6,13-14,22H2,1-2H3,(H,23,28)(H,25,29). The van der Waals surface area contributed by atoms with E-state index >= 15 is 0 Å². The molecule has 2 rings (SSSR count). The van der Waals surface area contributed by atoms with E-state index in [1.54, 1.807) is 24.3 Å². The van der Waals surface area contributed by atoms with Crippen molar-refractivity contribution in [3.63, 3.8) is 0 Å². The Hall–Kier alpha value is -3.31. The predicted octanol–water partition coefficient (Wildman–Crippen LogP) is 1.36. The van der Waals surface area contributed by atoms with E-state index in [2.05, 4.69) is 39.6 Å². The van der Waals surface area contributed by atoms with E-state index in [0.29, 0.717) is 23.6 Å². The van der Waals surface area contributed by atoms with Crippen molar-refractivity contribution < 1.29 is 18.0 Å². The van der Waals surface area contributed by atoms with Crippen LogP contribution in [0.1, 0.15) is 20.3 Å². The fraction of sp³-hybridized carbons (Fsp3) is 0.333. The summed E-state index contributed by atoms with van der Waals surface area (Å²) in [5.41, 5.74) is 11.7. The van der Waals surface area contributed by atoms with E-state index in [9.17, 15) is 18.0 Å². The molecule has 0 bridgehead atoms. The highest BCUT2D eigenvalue weighted by atomic mass is 32.2. The maximum atomic E-state index is 12.4. The van der Waals surface area contributed by atoms with Crippen molar-refractivity contribution in [3.05, 3.63) is 48.5 Å². The van der Waals surface area contributed by atoms with Gasteiger partial charge in [-0.05, 0) is 68.5 Å². The van der Waals surface area contributed by atoms with Gasteiger partial charge in [-0.3, -0.25) is 25.2 Å². The molecule has 0 spiro atoms. The van der Waals surface area contributed by atoms with E-state index in [1.807, 2.05) is 0 Å². The largest absolute Gasteiger partial charge is 0.399 e. The molecule has 174 valence electrons. The zero-order valence-corrected chi connectivity index (χ0v) is 19.0. The van der Waals surface area contributed by atoms with Gasteiger partial charge in [-0.1, -0.05) is 19.9 Å². The molecule has 0 saturated carbocycles. The molecule has 0 saturated heterocycles. The van der Waals surface area contributed by atoms with Crippen LogP contribution in [0.2, 0.25) is 0 Å². The minimum atomic E-state index is -3.78.